The Hall–Kier alpha value is -1.61. The summed E-state index contributed by atoms with van der Waals surface area (Å²) in [4.78, 5) is 0. The van der Waals surface area contributed by atoms with Crippen LogP contribution in [-0.2, 0) is 4.65 Å². The van der Waals surface area contributed by atoms with Crippen LogP contribution in [0.2, 0.25) is 0 Å². The minimum Gasteiger partial charge on any atom is -0.420 e. The molecule has 1 atom stereocenters. The summed E-state index contributed by atoms with van der Waals surface area (Å²) in [5.74, 6) is -0.201. The van der Waals surface area contributed by atoms with Crippen LogP contribution in [0.25, 0.3) is 0 Å². The number of hydrogen-bond donors (Lipinski definition) is 0. The number of benzene rings is 2. The molecule has 1 aliphatic rings. The fourth-order valence-corrected chi connectivity index (χ4v) is 2.37. The van der Waals surface area contributed by atoms with Gasteiger partial charge >= 0.3 is 6.92 Å². The molecule has 1 aliphatic heterocycles. The first-order valence-electron chi connectivity index (χ1n) is 5.75. The monoisotopic (exact) mass is 226 g/mol. The molecular formula is C14H12BFO. The van der Waals surface area contributed by atoms with Crippen LogP contribution in [0.15, 0.2) is 48.5 Å². The molecule has 3 rings (SSSR count). The van der Waals surface area contributed by atoms with Gasteiger partial charge in [0.1, 0.15) is 5.82 Å². The van der Waals surface area contributed by atoms with Crippen LogP contribution in [0.1, 0.15) is 18.6 Å². The molecule has 0 saturated heterocycles. The van der Waals surface area contributed by atoms with E-state index in [9.17, 15) is 4.39 Å². The number of hydrogen-bond acceptors (Lipinski definition) is 1. The fraction of sp³-hybridized carbons (Fsp3) is 0.143. The van der Waals surface area contributed by atoms with Crippen LogP contribution in [0.3, 0.4) is 0 Å². The Morgan fingerprint density at radius 2 is 1.88 bits per heavy atom. The van der Waals surface area contributed by atoms with E-state index in [1.807, 2.05) is 43.3 Å². The lowest BCUT2D eigenvalue weighted by Gasteiger charge is -2.08. The van der Waals surface area contributed by atoms with E-state index < -0.39 is 0 Å². The van der Waals surface area contributed by atoms with Crippen LogP contribution < -0.4 is 10.9 Å². The zero-order chi connectivity index (χ0) is 11.8. The molecule has 84 valence electrons. The van der Waals surface area contributed by atoms with Crippen molar-refractivity contribution in [3.63, 3.8) is 0 Å². The Morgan fingerprint density at radius 3 is 2.65 bits per heavy atom. The van der Waals surface area contributed by atoms with Crippen LogP contribution >= 0.6 is 0 Å². The van der Waals surface area contributed by atoms with Gasteiger partial charge in [0.05, 0.1) is 6.10 Å². The predicted molar refractivity (Wildman–Crippen MR) is 67.4 cm³/mol. The van der Waals surface area contributed by atoms with E-state index in [1.165, 1.54) is 6.07 Å². The van der Waals surface area contributed by atoms with Crippen molar-refractivity contribution >= 4 is 17.8 Å². The summed E-state index contributed by atoms with van der Waals surface area (Å²) in [7, 11) is 0. The Morgan fingerprint density at radius 1 is 1.12 bits per heavy atom. The molecule has 0 aliphatic carbocycles. The fourth-order valence-electron chi connectivity index (χ4n) is 2.37. The van der Waals surface area contributed by atoms with Gasteiger partial charge in [0.2, 0.25) is 0 Å². The zero-order valence-electron chi connectivity index (χ0n) is 9.56. The Bertz CT molecular complexity index is 541. The van der Waals surface area contributed by atoms with Gasteiger partial charge in [-0.2, -0.15) is 0 Å². The third kappa shape index (κ3) is 1.77. The molecule has 0 fully saturated rings. The SMILES string of the molecule is CC1OB(c2ccccc2)c2ccc(F)cc21. The summed E-state index contributed by atoms with van der Waals surface area (Å²) in [6.07, 6.45) is -0.0501. The zero-order valence-corrected chi connectivity index (χ0v) is 9.56. The van der Waals surface area contributed by atoms with Crippen molar-refractivity contribution in [2.24, 2.45) is 0 Å². The average Bonchev–Trinajstić information content (AvgIpc) is 2.68. The Balaban J connectivity index is 2.08. The highest BCUT2D eigenvalue weighted by Gasteiger charge is 2.34. The van der Waals surface area contributed by atoms with Gasteiger partial charge in [-0.1, -0.05) is 36.4 Å². The molecule has 0 bridgehead atoms. The van der Waals surface area contributed by atoms with Gasteiger partial charge in [0, 0.05) is 0 Å². The van der Waals surface area contributed by atoms with Gasteiger partial charge in [0.15, 0.2) is 0 Å². The lowest BCUT2D eigenvalue weighted by Crippen LogP contribution is -2.41. The summed E-state index contributed by atoms with van der Waals surface area (Å²) in [5.41, 5.74) is 3.15. The van der Waals surface area contributed by atoms with Crippen molar-refractivity contribution < 1.29 is 9.04 Å². The maximum atomic E-state index is 13.2. The van der Waals surface area contributed by atoms with Gasteiger partial charge < -0.3 is 4.65 Å². The third-order valence-corrected chi connectivity index (χ3v) is 3.21. The van der Waals surface area contributed by atoms with E-state index in [1.54, 1.807) is 6.07 Å². The van der Waals surface area contributed by atoms with Crippen LogP contribution in [0.4, 0.5) is 4.39 Å². The smallest absolute Gasteiger partial charge is 0.362 e. The van der Waals surface area contributed by atoms with Gasteiger partial charge in [0.25, 0.3) is 0 Å². The summed E-state index contributed by atoms with van der Waals surface area (Å²) < 4.78 is 19.1. The van der Waals surface area contributed by atoms with Crippen molar-refractivity contribution in [1.29, 1.82) is 0 Å². The molecule has 3 heteroatoms. The molecule has 1 unspecified atom stereocenters. The molecule has 0 amide bonds. The van der Waals surface area contributed by atoms with Crippen molar-refractivity contribution in [1.82, 2.24) is 0 Å². The summed E-state index contributed by atoms with van der Waals surface area (Å²) >= 11 is 0. The van der Waals surface area contributed by atoms with Gasteiger partial charge in [-0.05, 0) is 35.5 Å². The number of rotatable bonds is 1. The summed E-state index contributed by atoms with van der Waals surface area (Å²) in [6, 6.07) is 14.9. The standard InChI is InChI=1S/C14H12BFO/c1-10-13-9-12(16)7-8-14(13)15(17-10)11-5-3-2-4-6-11/h2-10H,1H3. The van der Waals surface area contributed by atoms with Gasteiger partial charge in [-0.25, -0.2) is 4.39 Å². The maximum Gasteiger partial charge on any atom is 0.362 e. The molecule has 17 heavy (non-hydrogen) atoms. The van der Waals surface area contributed by atoms with E-state index in [0.717, 1.165) is 16.5 Å². The quantitative estimate of drug-likeness (QED) is 0.676. The predicted octanol–water partition coefficient (Wildman–Crippen LogP) is 2.02. The second-order valence-corrected chi connectivity index (χ2v) is 4.34. The molecule has 1 nitrogen and oxygen atoms in total. The van der Waals surface area contributed by atoms with Crippen molar-refractivity contribution in [3.8, 4) is 0 Å². The Labute approximate surface area is 100 Å². The molecule has 0 aromatic heterocycles. The normalized spacial score (nSPS) is 18.2. The molecule has 0 saturated carbocycles. The van der Waals surface area contributed by atoms with E-state index in [0.29, 0.717) is 0 Å². The van der Waals surface area contributed by atoms with Crippen LogP contribution in [0, 0.1) is 5.82 Å². The summed E-state index contributed by atoms with van der Waals surface area (Å²) in [6.45, 7) is 1.89. The molecule has 1 heterocycles. The first-order valence-corrected chi connectivity index (χ1v) is 5.75. The molecule has 0 N–H and O–H groups in total. The van der Waals surface area contributed by atoms with Crippen LogP contribution in [-0.4, -0.2) is 6.92 Å². The van der Waals surface area contributed by atoms with Crippen molar-refractivity contribution in [2.45, 2.75) is 13.0 Å². The summed E-state index contributed by atoms with van der Waals surface area (Å²) in [5, 5.41) is 0. The topological polar surface area (TPSA) is 9.23 Å². The molecule has 2 aromatic rings. The lowest BCUT2D eigenvalue weighted by molar-refractivity contribution is 0.251. The van der Waals surface area contributed by atoms with E-state index in [4.69, 9.17) is 4.65 Å². The van der Waals surface area contributed by atoms with Crippen molar-refractivity contribution in [3.05, 3.63) is 59.9 Å². The average molecular weight is 226 g/mol. The maximum absolute atomic E-state index is 13.2. The molecular weight excluding hydrogens is 214 g/mol. The van der Waals surface area contributed by atoms with Gasteiger partial charge in [-0.15, -0.1) is 0 Å². The van der Waals surface area contributed by atoms with Crippen molar-refractivity contribution in [2.75, 3.05) is 0 Å². The first-order chi connectivity index (χ1) is 8.25. The second kappa shape index (κ2) is 4.00. The first kappa shape index (κ1) is 10.5. The number of halogens is 1. The molecule has 0 radical (unpaired) electrons. The minimum atomic E-state index is -0.201. The lowest BCUT2D eigenvalue weighted by atomic mass is 9.56. The largest absolute Gasteiger partial charge is 0.420 e. The van der Waals surface area contributed by atoms with E-state index >= 15 is 0 Å². The third-order valence-electron chi connectivity index (χ3n) is 3.21. The van der Waals surface area contributed by atoms with E-state index in [2.05, 4.69) is 0 Å². The number of fused-ring (bicyclic) bond motifs is 1. The Kier molecular flexibility index (Phi) is 2.48. The highest BCUT2D eigenvalue weighted by Crippen LogP contribution is 2.23. The van der Waals surface area contributed by atoms with Crippen LogP contribution in [0.5, 0.6) is 0 Å². The second-order valence-electron chi connectivity index (χ2n) is 4.34. The molecule has 0 spiro atoms. The molecule has 2 aromatic carbocycles. The highest BCUT2D eigenvalue weighted by atomic mass is 19.1. The van der Waals surface area contributed by atoms with E-state index in [-0.39, 0.29) is 18.8 Å². The minimum absolute atomic E-state index is 0.0501. The highest BCUT2D eigenvalue weighted by molar-refractivity contribution is 6.81. The van der Waals surface area contributed by atoms with Gasteiger partial charge in [-0.3, -0.25) is 0 Å².